The third-order valence-corrected chi connectivity index (χ3v) is 6.00. The normalized spacial score (nSPS) is 20.5. The van der Waals surface area contributed by atoms with E-state index in [1.165, 1.54) is 36.8 Å². The molecule has 196 valence electrons. The van der Waals surface area contributed by atoms with Crippen molar-refractivity contribution in [1.29, 1.82) is 0 Å². The lowest BCUT2D eigenvalue weighted by Crippen LogP contribution is -2.31. The van der Waals surface area contributed by atoms with Crippen molar-refractivity contribution in [3.05, 3.63) is 45.7 Å². The van der Waals surface area contributed by atoms with Gasteiger partial charge in [0, 0.05) is 19.0 Å². The van der Waals surface area contributed by atoms with Crippen LogP contribution in [0.5, 0.6) is 0 Å². The molecular formula is C24H38N4O7. The van der Waals surface area contributed by atoms with Gasteiger partial charge < -0.3 is 29.6 Å². The number of ether oxygens (including phenoxy) is 3. The molecule has 0 aromatic heterocycles. The van der Waals surface area contributed by atoms with Gasteiger partial charge in [0.15, 0.2) is 5.79 Å². The van der Waals surface area contributed by atoms with E-state index < -0.39 is 10.7 Å². The standard InChI is InChI=1S/C24H38N4O7/c1-24(2)33-18-19(34-24)17-32-23(29)12-10-8-6-4-3-5-7-9-11-15-25-20-13-14-22(28(30)31)27-21(20)16-26-35-27/h13-14,16,19,25-26H,3-12,15,17-18H2,1-2H3/t19-/m1/s1. The van der Waals surface area contributed by atoms with Gasteiger partial charge in [-0.25, -0.2) is 5.48 Å². The molecular weight excluding hydrogens is 456 g/mol. The zero-order valence-corrected chi connectivity index (χ0v) is 20.8. The van der Waals surface area contributed by atoms with Gasteiger partial charge in [-0.15, -0.1) is 0 Å². The molecule has 0 bridgehead atoms. The summed E-state index contributed by atoms with van der Waals surface area (Å²) in [5, 5.41) is 15.6. The van der Waals surface area contributed by atoms with E-state index >= 15 is 0 Å². The van der Waals surface area contributed by atoms with E-state index in [0.29, 0.717) is 18.7 Å². The second-order valence-corrected chi connectivity index (χ2v) is 9.39. The van der Waals surface area contributed by atoms with Crippen molar-refractivity contribution < 1.29 is 28.9 Å². The van der Waals surface area contributed by atoms with Gasteiger partial charge in [0.1, 0.15) is 12.7 Å². The van der Waals surface area contributed by atoms with E-state index in [1.807, 2.05) is 13.8 Å². The van der Waals surface area contributed by atoms with Crippen LogP contribution in [-0.2, 0) is 23.9 Å². The molecule has 0 amide bonds. The molecule has 1 atom stereocenters. The third kappa shape index (κ3) is 8.83. The Kier molecular flexibility index (Phi) is 10.4. The molecule has 0 saturated carbocycles. The fourth-order valence-electron chi connectivity index (χ4n) is 4.15. The van der Waals surface area contributed by atoms with Gasteiger partial charge in [0.25, 0.3) is 0 Å². The van der Waals surface area contributed by atoms with Crippen LogP contribution < -0.4 is 10.8 Å². The lowest BCUT2D eigenvalue weighted by atomic mass is 10.1. The number of nitro groups is 1. The van der Waals surface area contributed by atoms with Crippen molar-refractivity contribution in [2.45, 2.75) is 89.9 Å². The summed E-state index contributed by atoms with van der Waals surface area (Å²) < 4.78 is 16.4. The second kappa shape index (κ2) is 13.5. The van der Waals surface area contributed by atoms with Crippen molar-refractivity contribution in [3.8, 4) is 0 Å². The minimum atomic E-state index is -0.588. The molecule has 0 aliphatic carbocycles. The van der Waals surface area contributed by atoms with Gasteiger partial charge in [-0.1, -0.05) is 49.9 Å². The first-order chi connectivity index (χ1) is 16.9. The van der Waals surface area contributed by atoms with Gasteiger partial charge in [0.05, 0.1) is 18.5 Å². The maximum absolute atomic E-state index is 11.8. The van der Waals surface area contributed by atoms with Crippen molar-refractivity contribution in [2.24, 2.45) is 0 Å². The molecule has 0 aromatic rings. The van der Waals surface area contributed by atoms with E-state index in [0.717, 1.165) is 44.3 Å². The first kappa shape index (κ1) is 27.0. The van der Waals surface area contributed by atoms with Crippen LogP contribution in [-0.4, -0.2) is 47.6 Å². The molecule has 11 nitrogen and oxygen atoms in total. The monoisotopic (exact) mass is 494 g/mol. The summed E-state index contributed by atoms with van der Waals surface area (Å²) in [6, 6.07) is 0. The van der Waals surface area contributed by atoms with Crippen LogP contribution in [0.15, 0.2) is 35.6 Å². The predicted molar refractivity (Wildman–Crippen MR) is 127 cm³/mol. The van der Waals surface area contributed by atoms with Crippen LogP contribution in [0, 0.1) is 10.1 Å². The largest absolute Gasteiger partial charge is 0.463 e. The minimum absolute atomic E-state index is 0.124. The SMILES string of the molecule is CC1(C)OC[C@@H](COC(=O)CCCCCCCCCCCNC2=CC=C([N+](=O)[O-])N3ONC=C23)O1. The number of rotatable bonds is 16. The molecule has 3 heterocycles. The first-order valence-corrected chi connectivity index (χ1v) is 12.6. The van der Waals surface area contributed by atoms with Gasteiger partial charge in [0.2, 0.25) is 5.70 Å². The minimum Gasteiger partial charge on any atom is -0.463 e. The average Bonchev–Trinajstić information content (AvgIpc) is 3.44. The predicted octanol–water partition coefficient (Wildman–Crippen LogP) is 3.78. The number of nitrogens with one attached hydrogen (secondary N) is 2. The average molecular weight is 495 g/mol. The van der Waals surface area contributed by atoms with Gasteiger partial charge in [-0.05, 0) is 42.8 Å². The van der Waals surface area contributed by atoms with Crippen LogP contribution in [0.1, 0.15) is 78.1 Å². The van der Waals surface area contributed by atoms with Crippen LogP contribution in [0.25, 0.3) is 0 Å². The molecule has 3 aliphatic heterocycles. The van der Waals surface area contributed by atoms with Crippen molar-refractivity contribution >= 4 is 5.97 Å². The third-order valence-electron chi connectivity index (χ3n) is 6.00. The van der Waals surface area contributed by atoms with Crippen LogP contribution in [0.3, 0.4) is 0 Å². The van der Waals surface area contributed by atoms with E-state index in [1.54, 1.807) is 12.3 Å². The highest BCUT2D eigenvalue weighted by molar-refractivity contribution is 5.69. The Morgan fingerprint density at radius 1 is 1.17 bits per heavy atom. The van der Waals surface area contributed by atoms with Gasteiger partial charge >= 0.3 is 11.8 Å². The summed E-state index contributed by atoms with van der Waals surface area (Å²) in [7, 11) is 0. The molecule has 3 aliphatic rings. The Labute approximate surface area is 206 Å². The number of carbonyl (C=O) groups excluding carboxylic acids is 1. The smallest absolute Gasteiger partial charge is 0.355 e. The summed E-state index contributed by atoms with van der Waals surface area (Å²) >= 11 is 0. The zero-order chi connectivity index (χ0) is 25.1. The van der Waals surface area contributed by atoms with E-state index in [-0.39, 0.29) is 24.5 Å². The number of carbonyl (C=O) groups is 1. The van der Waals surface area contributed by atoms with Gasteiger partial charge in [-0.3, -0.25) is 4.79 Å². The summed E-state index contributed by atoms with van der Waals surface area (Å²) in [5.74, 6) is -0.874. The molecule has 0 unspecified atom stereocenters. The fourth-order valence-corrected chi connectivity index (χ4v) is 4.15. The Bertz CT molecular complexity index is 825. The number of hydroxylamine groups is 3. The van der Waals surface area contributed by atoms with Crippen molar-refractivity contribution in [3.63, 3.8) is 0 Å². The number of unbranched alkanes of at least 4 members (excludes halogenated alkanes) is 8. The fraction of sp³-hybridized carbons (Fsp3) is 0.708. The highest BCUT2D eigenvalue weighted by atomic mass is 16.8. The number of esters is 1. The van der Waals surface area contributed by atoms with Gasteiger partial charge in [-0.2, -0.15) is 0 Å². The molecule has 0 aromatic carbocycles. The molecule has 0 radical (unpaired) electrons. The highest BCUT2D eigenvalue weighted by Gasteiger charge is 2.37. The second-order valence-electron chi connectivity index (χ2n) is 9.39. The number of fused-ring (bicyclic) bond motifs is 1. The van der Waals surface area contributed by atoms with E-state index in [2.05, 4.69) is 10.8 Å². The van der Waals surface area contributed by atoms with E-state index in [4.69, 9.17) is 19.1 Å². The molecule has 3 rings (SSSR count). The molecule has 0 spiro atoms. The molecule has 2 N–H and O–H groups in total. The quantitative estimate of drug-likeness (QED) is 0.142. The molecule has 35 heavy (non-hydrogen) atoms. The Morgan fingerprint density at radius 2 is 1.86 bits per heavy atom. The summed E-state index contributed by atoms with van der Waals surface area (Å²) in [5.41, 5.74) is 3.96. The lowest BCUT2D eigenvalue weighted by Gasteiger charge is -2.18. The van der Waals surface area contributed by atoms with Crippen LogP contribution in [0.4, 0.5) is 0 Å². The molecule has 1 saturated heterocycles. The summed E-state index contributed by atoms with van der Waals surface area (Å²) in [6.45, 7) is 5.23. The number of hydrogen-bond acceptors (Lipinski definition) is 10. The highest BCUT2D eigenvalue weighted by Crippen LogP contribution is 2.27. The Balaban J connectivity index is 1.12. The number of hydrogen-bond donors (Lipinski definition) is 2. The van der Waals surface area contributed by atoms with Crippen molar-refractivity contribution in [1.82, 2.24) is 15.9 Å². The summed E-state index contributed by atoms with van der Waals surface area (Å²) in [4.78, 5) is 27.5. The number of allylic oxidation sites excluding steroid dienone is 2. The maximum atomic E-state index is 11.8. The van der Waals surface area contributed by atoms with E-state index in [9.17, 15) is 14.9 Å². The van der Waals surface area contributed by atoms with Crippen LogP contribution >= 0.6 is 0 Å². The Morgan fingerprint density at radius 3 is 2.51 bits per heavy atom. The van der Waals surface area contributed by atoms with Crippen LogP contribution in [0.2, 0.25) is 0 Å². The zero-order valence-electron chi connectivity index (χ0n) is 20.8. The molecule has 11 heteroatoms. The first-order valence-electron chi connectivity index (χ1n) is 12.6. The lowest BCUT2D eigenvalue weighted by molar-refractivity contribution is -0.465. The topological polar surface area (TPSA) is 124 Å². The van der Waals surface area contributed by atoms with Crippen molar-refractivity contribution in [2.75, 3.05) is 19.8 Å². The summed E-state index contributed by atoms with van der Waals surface area (Å²) in [6.07, 6.45) is 15.0. The number of nitrogens with zero attached hydrogens (tertiary/aromatic N) is 2. The Hall–Kier alpha value is -2.63. The molecule has 1 fully saturated rings. The maximum Gasteiger partial charge on any atom is 0.355 e.